The van der Waals surface area contributed by atoms with Crippen LogP contribution in [0.1, 0.15) is 11.1 Å². The molecule has 0 amide bonds. The molecule has 2 aromatic rings. The lowest BCUT2D eigenvalue weighted by atomic mass is 10.1. The van der Waals surface area contributed by atoms with Crippen LogP contribution in [0.4, 0.5) is 15.8 Å². The Hall–Kier alpha value is -2.47. The number of nitro benzene ring substituents is 1. The quantitative estimate of drug-likeness (QED) is 0.650. The minimum atomic E-state index is -0.559. The number of benzene rings is 2. The molecule has 104 valence electrons. The number of nitro groups is 1. The van der Waals surface area contributed by atoms with Gasteiger partial charge in [0.2, 0.25) is 0 Å². The van der Waals surface area contributed by atoms with Gasteiger partial charge in [-0.3, -0.25) is 10.1 Å². The summed E-state index contributed by atoms with van der Waals surface area (Å²) in [6.07, 6.45) is 0. The lowest BCUT2D eigenvalue weighted by Gasteiger charge is -2.08. The highest BCUT2D eigenvalue weighted by molar-refractivity contribution is 5.61. The van der Waals surface area contributed by atoms with Crippen molar-refractivity contribution in [2.75, 3.05) is 5.32 Å². The van der Waals surface area contributed by atoms with E-state index >= 15 is 0 Å². The zero-order valence-electron chi connectivity index (χ0n) is 10.5. The van der Waals surface area contributed by atoms with Crippen molar-refractivity contribution in [3.05, 3.63) is 69.5 Å². The van der Waals surface area contributed by atoms with Gasteiger partial charge in [0.25, 0.3) is 5.69 Å². The van der Waals surface area contributed by atoms with Gasteiger partial charge >= 0.3 is 0 Å². The van der Waals surface area contributed by atoms with E-state index in [2.05, 4.69) is 5.32 Å². The van der Waals surface area contributed by atoms with E-state index in [0.29, 0.717) is 6.54 Å². The van der Waals surface area contributed by atoms with Gasteiger partial charge in [-0.1, -0.05) is 24.3 Å². The van der Waals surface area contributed by atoms with Crippen molar-refractivity contribution in [2.24, 2.45) is 0 Å². The molecule has 0 aromatic heterocycles. The van der Waals surface area contributed by atoms with Crippen molar-refractivity contribution in [1.82, 2.24) is 0 Å². The van der Waals surface area contributed by atoms with Crippen molar-refractivity contribution in [3.63, 3.8) is 0 Å². The molecular weight excluding hydrogens is 263 g/mol. The number of aliphatic hydroxyl groups is 1. The minimum Gasteiger partial charge on any atom is -0.392 e. The van der Waals surface area contributed by atoms with Crippen LogP contribution in [-0.4, -0.2) is 10.0 Å². The maximum Gasteiger partial charge on any atom is 0.292 e. The number of hydrogen-bond acceptors (Lipinski definition) is 4. The molecule has 0 unspecified atom stereocenters. The van der Waals surface area contributed by atoms with Crippen LogP contribution in [0.15, 0.2) is 42.5 Å². The van der Waals surface area contributed by atoms with Gasteiger partial charge in [-0.15, -0.1) is 0 Å². The second-order valence-corrected chi connectivity index (χ2v) is 4.25. The number of rotatable bonds is 5. The van der Waals surface area contributed by atoms with Gasteiger partial charge in [0.1, 0.15) is 11.5 Å². The van der Waals surface area contributed by atoms with Crippen molar-refractivity contribution in [2.45, 2.75) is 13.2 Å². The van der Waals surface area contributed by atoms with E-state index in [9.17, 15) is 14.5 Å². The molecule has 0 aliphatic rings. The molecule has 0 atom stereocenters. The number of anilines is 1. The molecule has 6 heteroatoms. The average molecular weight is 276 g/mol. The first-order chi connectivity index (χ1) is 9.60. The number of hydrogen-bond donors (Lipinski definition) is 2. The fourth-order valence-corrected chi connectivity index (χ4v) is 1.77. The number of halogens is 1. The minimum absolute atomic E-state index is 0.0386. The zero-order chi connectivity index (χ0) is 14.5. The van der Waals surface area contributed by atoms with Gasteiger partial charge in [0.15, 0.2) is 0 Å². The van der Waals surface area contributed by atoms with Crippen LogP contribution in [0.25, 0.3) is 0 Å². The molecule has 0 bridgehead atoms. The SMILES string of the molecule is O=[N+]([O-])c1ccc(F)cc1NCc1ccc(CO)cc1. The molecule has 2 N–H and O–H groups in total. The maximum absolute atomic E-state index is 13.1. The Morgan fingerprint density at radius 1 is 1.15 bits per heavy atom. The Bertz CT molecular complexity index is 614. The largest absolute Gasteiger partial charge is 0.392 e. The summed E-state index contributed by atoms with van der Waals surface area (Å²) in [6.45, 7) is 0.291. The lowest BCUT2D eigenvalue weighted by molar-refractivity contribution is -0.384. The smallest absolute Gasteiger partial charge is 0.292 e. The summed E-state index contributed by atoms with van der Waals surface area (Å²) in [7, 11) is 0. The molecule has 0 aliphatic carbocycles. The third-order valence-corrected chi connectivity index (χ3v) is 2.84. The van der Waals surface area contributed by atoms with Crippen LogP contribution >= 0.6 is 0 Å². The molecule has 2 aromatic carbocycles. The summed E-state index contributed by atoms with van der Waals surface area (Å²) in [4.78, 5) is 10.3. The average Bonchev–Trinajstić information content (AvgIpc) is 2.45. The van der Waals surface area contributed by atoms with Crippen LogP contribution in [0.2, 0.25) is 0 Å². The molecule has 0 radical (unpaired) electrons. The molecule has 20 heavy (non-hydrogen) atoms. The molecule has 0 aliphatic heterocycles. The van der Waals surface area contributed by atoms with E-state index in [4.69, 9.17) is 5.11 Å². The fraction of sp³-hybridized carbons (Fsp3) is 0.143. The summed E-state index contributed by atoms with van der Waals surface area (Å²) in [6, 6.07) is 10.4. The summed E-state index contributed by atoms with van der Waals surface area (Å²) >= 11 is 0. The second kappa shape index (κ2) is 6.12. The molecule has 0 spiro atoms. The molecule has 0 saturated heterocycles. The standard InChI is InChI=1S/C14H13FN2O3/c15-12-5-6-14(17(19)20)13(7-12)16-8-10-1-3-11(9-18)4-2-10/h1-7,16,18H,8-9H2. The van der Waals surface area contributed by atoms with Crippen molar-refractivity contribution >= 4 is 11.4 Å². The van der Waals surface area contributed by atoms with Crippen molar-refractivity contribution < 1.29 is 14.4 Å². The van der Waals surface area contributed by atoms with Gasteiger partial charge in [-0.25, -0.2) is 4.39 Å². The van der Waals surface area contributed by atoms with E-state index < -0.39 is 10.7 Å². The first-order valence-electron chi connectivity index (χ1n) is 5.96. The van der Waals surface area contributed by atoms with E-state index in [0.717, 1.165) is 29.3 Å². The molecule has 2 rings (SSSR count). The fourth-order valence-electron chi connectivity index (χ4n) is 1.77. The van der Waals surface area contributed by atoms with Crippen LogP contribution in [0.5, 0.6) is 0 Å². The third-order valence-electron chi connectivity index (χ3n) is 2.84. The number of aliphatic hydroxyl groups excluding tert-OH is 1. The predicted octanol–water partition coefficient (Wildman–Crippen LogP) is 2.84. The third kappa shape index (κ3) is 3.30. The molecular formula is C14H13FN2O3. The van der Waals surface area contributed by atoms with Crippen molar-refractivity contribution in [1.29, 1.82) is 0 Å². The Labute approximate surface area is 114 Å². The predicted molar refractivity (Wildman–Crippen MR) is 72.7 cm³/mol. The van der Waals surface area contributed by atoms with Crippen LogP contribution < -0.4 is 5.32 Å². The summed E-state index contributed by atoms with van der Waals surface area (Å²) < 4.78 is 13.1. The Kier molecular flexibility index (Phi) is 4.27. The Morgan fingerprint density at radius 2 is 1.80 bits per heavy atom. The van der Waals surface area contributed by atoms with E-state index in [1.54, 1.807) is 24.3 Å². The molecule has 0 saturated carbocycles. The second-order valence-electron chi connectivity index (χ2n) is 4.25. The van der Waals surface area contributed by atoms with Crippen LogP contribution in [0.3, 0.4) is 0 Å². The monoisotopic (exact) mass is 276 g/mol. The first-order valence-corrected chi connectivity index (χ1v) is 5.96. The van der Waals surface area contributed by atoms with Crippen molar-refractivity contribution in [3.8, 4) is 0 Å². The number of nitrogens with one attached hydrogen (secondary N) is 1. The Balaban J connectivity index is 2.13. The van der Waals surface area contributed by atoms with Gasteiger partial charge in [0, 0.05) is 18.7 Å². The van der Waals surface area contributed by atoms with E-state index in [-0.39, 0.29) is 18.0 Å². The maximum atomic E-state index is 13.1. The highest BCUT2D eigenvalue weighted by atomic mass is 19.1. The van der Waals surface area contributed by atoms with Gasteiger partial charge < -0.3 is 10.4 Å². The lowest BCUT2D eigenvalue weighted by Crippen LogP contribution is -2.03. The van der Waals surface area contributed by atoms with Gasteiger partial charge in [-0.05, 0) is 17.2 Å². The van der Waals surface area contributed by atoms with Crippen LogP contribution in [0, 0.1) is 15.9 Å². The summed E-state index contributed by atoms with van der Waals surface area (Å²) in [5, 5.41) is 22.6. The molecule has 0 fully saturated rings. The summed E-state index contributed by atoms with van der Waals surface area (Å²) in [5.74, 6) is -0.534. The summed E-state index contributed by atoms with van der Waals surface area (Å²) in [5.41, 5.74) is 1.63. The Morgan fingerprint density at radius 3 is 2.40 bits per heavy atom. The zero-order valence-corrected chi connectivity index (χ0v) is 10.5. The van der Waals surface area contributed by atoms with Crippen LogP contribution in [-0.2, 0) is 13.2 Å². The highest BCUT2D eigenvalue weighted by Gasteiger charge is 2.13. The van der Waals surface area contributed by atoms with E-state index in [1.807, 2.05) is 0 Å². The normalized spacial score (nSPS) is 10.3. The van der Waals surface area contributed by atoms with E-state index in [1.165, 1.54) is 0 Å². The highest BCUT2D eigenvalue weighted by Crippen LogP contribution is 2.25. The molecule has 5 nitrogen and oxygen atoms in total. The van der Waals surface area contributed by atoms with Gasteiger partial charge in [0.05, 0.1) is 11.5 Å². The molecule has 0 heterocycles. The van der Waals surface area contributed by atoms with Gasteiger partial charge in [-0.2, -0.15) is 0 Å². The topological polar surface area (TPSA) is 75.4 Å². The number of nitrogens with zero attached hydrogens (tertiary/aromatic N) is 1. The first kappa shape index (κ1) is 14.0.